The van der Waals surface area contributed by atoms with E-state index in [0.717, 1.165) is 50.5 Å². The molecule has 6 heteroatoms. The summed E-state index contributed by atoms with van der Waals surface area (Å²) in [5.41, 5.74) is -1.24. The largest absolute Gasteiger partial charge is 0.396 e. The molecule has 0 radical (unpaired) electrons. The number of amides is 1. The van der Waals surface area contributed by atoms with Gasteiger partial charge in [-0.15, -0.1) is 0 Å². The Bertz CT molecular complexity index is 1200. The van der Waals surface area contributed by atoms with Crippen LogP contribution in [-0.2, 0) is 9.59 Å². The molecule has 39 heavy (non-hydrogen) atoms. The van der Waals surface area contributed by atoms with Gasteiger partial charge in [0.2, 0.25) is 5.91 Å². The van der Waals surface area contributed by atoms with E-state index in [1.807, 2.05) is 26.0 Å². The third kappa shape index (κ3) is 3.51. The zero-order valence-corrected chi connectivity index (χ0v) is 25.0. The fourth-order valence-electron chi connectivity index (χ4n) is 10.6. The number of carbonyl (C=O) groups excluding carboxylic acids is 2. The van der Waals surface area contributed by atoms with Gasteiger partial charge in [0, 0.05) is 23.3 Å². The number of carbonyl (C=O) groups is 2. The molecule has 5 aliphatic rings. The van der Waals surface area contributed by atoms with Crippen LogP contribution < -0.4 is 5.32 Å². The Kier molecular flexibility index (Phi) is 6.42. The van der Waals surface area contributed by atoms with Crippen LogP contribution in [0, 0.1) is 61.6 Å². The zero-order chi connectivity index (χ0) is 28.8. The molecule has 1 amide bonds. The van der Waals surface area contributed by atoms with Crippen molar-refractivity contribution >= 4 is 11.7 Å². The van der Waals surface area contributed by atoms with Crippen LogP contribution in [0.5, 0.6) is 0 Å². The lowest BCUT2D eigenvalue weighted by atomic mass is 9.34. The Morgan fingerprint density at radius 3 is 2.38 bits per heavy atom. The fraction of sp³-hybridized carbons (Fsp3) is 0.788. The van der Waals surface area contributed by atoms with E-state index in [9.17, 15) is 25.1 Å². The normalized spacial score (nSPS) is 48.3. The van der Waals surface area contributed by atoms with Gasteiger partial charge >= 0.3 is 0 Å². The minimum absolute atomic E-state index is 0.0136. The van der Waals surface area contributed by atoms with Crippen molar-refractivity contribution in [2.45, 2.75) is 99.5 Å². The molecule has 0 aromatic carbocycles. The SMILES string of the molecule is CCNC(=O)[C@]12CCC(C)(C)CC1C1C(=O)C=C3[C@@]4(C)C=C(C#N)C(O)[C@@](C)(CO)[C@@H]4CC[C@@]3(C)[C@]1(C)CC2. The van der Waals surface area contributed by atoms with Crippen molar-refractivity contribution in [3.8, 4) is 6.07 Å². The van der Waals surface area contributed by atoms with Crippen molar-refractivity contribution in [2.75, 3.05) is 13.2 Å². The van der Waals surface area contributed by atoms with Crippen LogP contribution in [-0.4, -0.2) is 41.2 Å². The van der Waals surface area contributed by atoms with E-state index < -0.39 is 22.3 Å². The second-order valence-electron chi connectivity index (χ2n) is 15.3. The third-order valence-corrected chi connectivity index (χ3v) is 13.0. The fourth-order valence-corrected chi connectivity index (χ4v) is 10.6. The summed E-state index contributed by atoms with van der Waals surface area (Å²) in [6.45, 7) is 15.5. The van der Waals surface area contributed by atoms with Gasteiger partial charge in [-0.3, -0.25) is 9.59 Å². The van der Waals surface area contributed by atoms with E-state index in [4.69, 9.17) is 0 Å². The maximum atomic E-state index is 14.5. The Morgan fingerprint density at radius 1 is 1.10 bits per heavy atom. The second kappa shape index (κ2) is 8.76. The highest BCUT2D eigenvalue weighted by molar-refractivity contribution is 5.96. The van der Waals surface area contributed by atoms with Crippen molar-refractivity contribution in [3.63, 3.8) is 0 Å². The zero-order valence-electron chi connectivity index (χ0n) is 25.0. The molecule has 0 aliphatic heterocycles. The van der Waals surface area contributed by atoms with Gasteiger partial charge in [0.25, 0.3) is 0 Å². The average molecular weight is 537 g/mol. The van der Waals surface area contributed by atoms with Crippen LogP contribution in [0.3, 0.4) is 0 Å². The molecule has 5 aliphatic carbocycles. The minimum atomic E-state index is -1.03. The van der Waals surface area contributed by atoms with E-state index in [1.165, 1.54) is 0 Å². The van der Waals surface area contributed by atoms with E-state index >= 15 is 0 Å². The first-order valence-electron chi connectivity index (χ1n) is 15.1. The summed E-state index contributed by atoms with van der Waals surface area (Å²) in [4.78, 5) is 28.2. The molecule has 0 bridgehead atoms. The van der Waals surface area contributed by atoms with Crippen molar-refractivity contribution in [3.05, 3.63) is 23.3 Å². The van der Waals surface area contributed by atoms with Crippen LogP contribution >= 0.6 is 0 Å². The van der Waals surface area contributed by atoms with Crippen molar-refractivity contribution in [1.82, 2.24) is 5.32 Å². The lowest BCUT2D eigenvalue weighted by Gasteiger charge is -2.69. The van der Waals surface area contributed by atoms with Gasteiger partial charge < -0.3 is 15.5 Å². The molecule has 3 unspecified atom stereocenters. The molecule has 3 N–H and O–H groups in total. The predicted molar refractivity (Wildman–Crippen MR) is 150 cm³/mol. The van der Waals surface area contributed by atoms with Gasteiger partial charge in [-0.25, -0.2) is 0 Å². The van der Waals surface area contributed by atoms with E-state index in [1.54, 1.807) is 0 Å². The molecule has 214 valence electrons. The lowest BCUT2D eigenvalue weighted by molar-refractivity contribution is -0.180. The van der Waals surface area contributed by atoms with Gasteiger partial charge in [0.05, 0.1) is 29.8 Å². The molecule has 3 saturated carbocycles. The molecule has 5 rings (SSSR count). The molecule has 9 atom stereocenters. The highest BCUT2D eigenvalue weighted by atomic mass is 16.3. The van der Waals surface area contributed by atoms with Crippen molar-refractivity contribution < 1.29 is 19.8 Å². The predicted octanol–water partition coefficient (Wildman–Crippen LogP) is 5.11. The van der Waals surface area contributed by atoms with Gasteiger partial charge in [0.15, 0.2) is 5.78 Å². The molecule has 0 aromatic rings. The maximum Gasteiger partial charge on any atom is 0.226 e. The van der Waals surface area contributed by atoms with Crippen LogP contribution in [0.15, 0.2) is 23.3 Å². The molecule has 0 spiro atoms. The highest BCUT2D eigenvalue weighted by Gasteiger charge is 2.71. The number of nitrogens with zero attached hydrogens (tertiary/aromatic N) is 1. The number of aliphatic hydroxyl groups excluding tert-OH is 2. The first-order valence-corrected chi connectivity index (χ1v) is 15.1. The van der Waals surface area contributed by atoms with Crippen LogP contribution in [0.25, 0.3) is 0 Å². The molecule has 0 saturated heterocycles. The summed E-state index contributed by atoms with van der Waals surface area (Å²) < 4.78 is 0. The van der Waals surface area contributed by atoms with Gasteiger partial charge in [-0.2, -0.15) is 5.26 Å². The number of nitrogens with one attached hydrogen (secondary N) is 1. The Labute approximate surface area is 234 Å². The Hall–Kier alpha value is -1.97. The third-order valence-electron chi connectivity index (χ3n) is 13.0. The summed E-state index contributed by atoms with van der Waals surface area (Å²) in [5, 5.41) is 34.7. The topological polar surface area (TPSA) is 110 Å². The Morgan fingerprint density at radius 2 is 1.77 bits per heavy atom. The summed E-state index contributed by atoms with van der Waals surface area (Å²) in [6.07, 6.45) is 8.67. The van der Waals surface area contributed by atoms with E-state index in [0.29, 0.717) is 6.54 Å². The molecular formula is C33H48N2O4. The summed E-state index contributed by atoms with van der Waals surface area (Å²) in [7, 11) is 0. The van der Waals surface area contributed by atoms with Crippen LogP contribution in [0.2, 0.25) is 0 Å². The number of aliphatic hydroxyl groups is 2. The number of allylic oxidation sites excluding steroid dienone is 3. The molecule has 0 heterocycles. The molecule has 0 aromatic heterocycles. The molecular weight excluding hydrogens is 488 g/mol. The average Bonchev–Trinajstić information content (AvgIpc) is 2.87. The summed E-state index contributed by atoms with van der Waals surface area (Å²) in [6, 6.07) is 2.21. The van der Waals surface area contributed by atoms with Crippen LogP contribution in [0.1, 0.15) is 93.4 Å². The first-order chi connectivity index (χ1) is 18.1. The van der Waals surface area contributed by atoms with Gasteiger partial charge in [-0.1, -0.05) is 53.2 Å². The van der Waals surface area contributed by atoms with Crippen LogP contribution in [0.4, 0.5) is 0 Å². The van der Waals surface area contributed by atoms with E-state index in [2.05, 4.69) is 46.0 Å². The number of hydrogen-bond acceptors (Lipinski definition) is 5. The van der Waals surface area contributed by atoms with Gasteiger partial charge in [0.1, 0.15) is 0 Å². The molecule has 6 nitrogen and oxygen atoms in total. The monoisotopic (exact) mass is 536 g/mol. The standard InChI is InChI=1S/C33H48N2O4/c1-8-35-27(39)33-13-11-28(2,3)17-21(33)25-22(37)15-24-29(4)16-20(18-34)26(38)30(5,19-36)23(29)9-10-31(24,6)32(25,7)12-14-33/h15-16,21,23,25-26,36,38H,8-14,17,19H2,1-7H3,(H,35,39)/t21?,23-,25?,26?,29+,30+,31-,32-,33+/m1/s1. The van der Waals surface area contributed by atoms with Gasteiger partial charge in [-0.05, 0) is 86.0 Å². The van der Waals surface area contributed by atoms with Crippen molar-refractivity contribution in [2.24, 2.45) is 50.2 Å². The number of hydrogen-bond donors (Lipinski definition) is 3. The quantitative estimate of drug-likeness (QED) is 0.464. The first kappa shape index (κ1) is 28.6. The van der Waals surface area contributed by atoms with E-state index in [-0.39, 0.29) is 57.9 Å². The summed E-state index contributed by atoms with van der Waals surface area (Å²) in [5.74, 6) is -0.106. The number of rotatable bonds is 3. The summed E-state index contributed by atoms with van der Waals surface area (Å²) >= 11 is 0. The number of nitriles is 1. The lowest BCUT2D eigenvalue weighted by Crippen LogP contribution is -2.67. The maximum absolute atomic E-state index is 14.5. The minimum Gasteiger partial charge on any atom is -0.396 e. The highest BCUT2D eigenvalue weighted by Crippen LogP contribution is 2.74. The second-order valence-corrected chi connectivity index (χ2v) is 15.3. The number of fused-ring (bicyclic) bond motifs is 7. The number of ketones is 1. The molecule has 3 fully saturated rings. The van der Waals surface area contributed by atoms with Crippen molar-refractivity contribution in [1.29, 1.82) is 5.26 Å². The smallest absolute Gasteiger partial charge is 0.226 e. The Balaban J connectivity index is 1.69.